The van der Waals surface area contributed by atoms with Crippen molar-refractivity contribution in [1.29, 1.82) is 0 Å². The molecule has 1 unspecified atom stereocenters. The molecule has 0 fully saturated rings. The zero-order valence-corrected chi connectivity index (χ0v) is 16.9. The summed E-state index contributed by atoms with van der Waals surface area (Å²) in [4.78, 5) is 12.8. The SMILES string of the molecule is C[C@@H]1Cc2cc3c(c(NC(=O)N=S(N)(=O)c4cnn5c4OC[C@@H]5CO)c21)CCC3. The summed E-state index contributed by atoms with van der Waals surface area (Å²) in [6.45, 7) is 2.17. The molecule has 29 heavy (non-hydrogen) atoms. The van der Waals surface area contributed by atoms with Crippen LogP contribution in [0.5, 0.6) is 5.88 Å². The molecule has 2 heterocycles. The molecule has 9 nitrogen and oxygen atoms in total. The second-order valence-corrected chi connectivity index (χ2v) is 9.68. The first kappa shape index (κ1) is 18.6. The molecule has 0 radical (unpaired) electrons. The predicted octanol–water partition coefficient (Wildman–Crippen LogP) is 1.89. The zero-order valence-electron chi connectivity index (χ0n) is 16.1. The number of urea groups is 1. The normalized spacial score (nSPS) is 23.3. The van der Waals surface area contributed by atoms with Crippen LogP contribution in [-0.2, 0) is 29.2 Å². The summed E-state index contributed by atoms with van der Waals surface area (Å²) in [5.74, 6) is 0.558. The van der Waals surface area contributed by atoms with E-state index >= 15 is 0 Å². The molecule has 1 aromatic heterocycles. The molecule has 1 aliphatic heterocycles. The summed E-state index contributed by atoms with van der Waals surface area (Å²) in [6.07, 6.45) is 5.27. The van der Waals surface area contributed by atoms with Gasteiger partial charge in [-0.1, -0.05) is 13.0 Å². The standard InChI is InChI=1S/C19H23N5O4S/c1-10-5-12-6-11-3-2-4-14(11)17(16(10)12)22-19(26)23-29(20,27)15-7-21-24-13(8-25)9-28-18(15)24/h6-7,10,13,25H,2-5,8-9H2,1H3,(H3,20,22,23,26,27)/t10-,13+,29?/m1/s1. The van der Waals surface area contributed by atoms with Crippen molar-refractivity contribution >= 4 is 21.6 Å². The minimum Gasteiger partial charge on any atom is -0.475 e. The number of aromatic nitrogens is 2. The molecule has 10 heteroatoms. The first-order chi connectivity index (χ1) is 13.9. The zero-order chi connectivity index (χ0) is 20.3. The van der Waals surface area contributed by atoms with Gasteiger partial charge in [-0.25, -0.2) is 18.8 Å². The molecule has 0 bridgehead atoms. The van der Waals surface area contributed by atoms with Gasteiger partial charge in [0, 0.05) is 5.69 Å². The van der Waals surface area contributed by atoms with Gasteiger partial charge in [0.2, 0.25) is 5.88 Å². The maximum absolute atomic E-state index is 13.0. The van der Waals surface area contributed by atoms with Gasteiger partial charge < -0.3 is 15.2 Å². The molecule has 4 N–H and O–H groups in total. The summed E-state index contributed by atoms with van der Waals surface area (Å²) in [5.41, 5.74) is 5.66. The number of anilines is 1. The second kappa shape index (κ2) is 6.54. The number of nitrogens with zero attached hydrogens (tertiary/aromatic N) is 3. The summed E-state index contributed by atoms with van der Waals surface area (Å²) in [6, 6.07) is 1.15. The van der Waals surface area contributed by atoms with Crippen LogP contribution in [0.15, 0.2) is 21.5 Å². The van der Waals surface area contributed by atoms with Gasteiger partial charge in [0.05, 0.1) is 12.8 Å². The van der Waals surface area contributed by atoms with Gasteiger partial charge in [0.1, 0.15) is 17.5 Å². The Balaban J connectivity index is 1.48. The minimum atomic E-state index is -3.55. The number of rotatable bonds is 3. The third kappa shape index (κ3) is 2.85. The topological polar surface area (TPSA) is 132 Å². The fourth-order valence-electron chi connectivity index (χ4n) is 4.61. The first-order valence-electron chi connectivity index (χ1n) is 9.73. The van der Waals surface area contributed by atoms with E-state index in [-0.39, 0.29) is 30.0 Å². The van der Waals surface area contributed by atoms with E-state index in [1.807, 2.05) is 0 Å². The number of benzene rings is 1. The van der Waals surface area contributed by atoms with Gasteiger partial charge in [-0.05, 0) is 53.9 Å². The van der Waals surface area contributed by atoms with Crippen molar-refractivity contribution in [2.45, 2.75) is 49.5 Å². The van der Waals surface area contributed by atoms with Crippen LogP contribution in [0.3, 0.4) is 0 Å². The van der Waals surface area contributed by atoms with Crippen LogP contribution in [0.1, 0.15) is 47.6 Å². The highest BCUT2D eigenvalue weighted by atomic mass is 32.2. The third-order valence-corrected chi connectivity index (χ3v) is 7.35. The van der Waals surface area contributed by atoms with Crippen molar-refractivity contribution in [2.75, 3.05) is 18.5 Å². The third-order valence-electron chi connectivity index (χ3n) is 6.00. The van der Waals surface area contributed by atoms with Crippen LogP contribution < -0.4 is 15.2 Å². The van der Waals surface area contributed by atoms with E-state index in [0.717, 1.165) is 42.5 Å². The molecular weight excluding hydrogens is 394 g/mol. The van der Waals surface area contributed by atoms with E-state index in [9.17, 15) is 14.1 Å². The lowest BCUT2D eigenvalue weighted by atomic mass is 9.75. The number of carbonyl (C=O) groups is 1. The molecule has 1 aromatic carbocycles. The van der Waals surface area contributed by atoms with E-state index in [2.05, 4.69) is 27.8 Å². The quantitative estimate of drug-likeness (QED) is 0.702. The smallest absolute Gasteiger partial charge is 0.354 e. The fraction of sp³-hybridized carbons (Fsp3) is 0.474. The Hall–Kier alpha value is -2.43. The number of aliphatic hydroxyl groups excluding tert-OH is 1. The average Bonchev–Trinajstić information content (AvgIpc) is 3.35. The Morgan fingerprint density at radius 2 is 2.31 bits per heavy atom. The lowest BCUT2D eigenvalue weighted by molar-refractivity contribution is 0.206. The van der Waals surface area contributed by atoms with Crippen LogP contribution in [0.2, 0.25) is 0 Å². The predicted molar refractivity (Wildman–Crippen MR) is 106 cm³/mol. The van der Waals surface area contributed by atoms with Crippen LogP contribution in [-0.4, -0.2) is 38.3 Å². The fourth-order valence-corrected chi connectivity index (χ4v) is 5.60. The van der Waals surface area contributed by atoms with Crippen molar-refractivity contribution in [1.82, 2.24) is 9.78 Å². The molecule has 0 spiro atoms. The Labute approximate surface area is 168 Å². The van der Waals surface area contributed by atoms with Gasteiger partial charge in [-0.2, -0.15) is 5.10 Å². The summed E-state index contributed by atoms with van der Waals surface area (Å²) in [7, 11) is -3.55. The monoisotopic (exact) mass is 417 g/mol. The number of aryl methyl sites for hydroxylation is 1. The average molecular weight is 417 g/mol. The Morgan fingerprint density at radius 1 is 1.48 bits per heavy atom. The van der Waals surface area contributed by atoms with E-state index in [4.69, 9.17) is 9.88 Å². The van der Waals surface area contributed by atoms with Gasteiger partial charge in [0.25, 0.3) is 0 Å². The molecule has 0 saturated carbocycles. The second-order valence-electron chi connectivity index (χ2n) is 7.92. The Kier molecular flexibility index (Phi) is 4.19. The van der Waals surface area contributed by atoms with E-state index in [1.54, 1.807) is 0 Å². The number of ether oxygens (including phenoxy) is 1. The highest BCUT2D eigenvalue weighted by Crippen LogP contribution is 2.45. The number of hydrogen-bond acceptors (Lipinski definition) is 5. The number of fused-ring (bicyclic) bond motifs is 3. The lowest BCUT2D eigenvalue weighted by Gasteiger charge is -2.31. The maximum atomic E-state index is 13.0. The molecule has 2 aromatic rings. The number of nitrogens with two attached hydrogens (primary N) is 1. The largest absolute Gasteiger partial charge is 0.475 e. The maximum Gasteiger partial charge on any atom is 0.354 e. The van der Waals surface area contributed by atoms with Crippen LogP contribution in [0, 0.1) is 0 Å². The number of hydrogen-bond donors (Lipinski definition) is 3. The summed E-state index contributed by atoms with van der Waals surface area (Å²) < 4.78 is 23.7. The van der Waals surface area contributed by atoms with Crippen LogP contribution in [0.4, 0.5) is 10.5 Å². The number of carbonyl (C=O) groups excluding carboxylic acids is 1. The van der Waals surface area contributed by atoms with Crippen molar-refractivity contribution in [3.63, 3.8) is 0 Å². The van der Waals surface area contributed by atoms with E-state index in [1.165, 1.54) is 22.0 Å². The molecule has 0 saturated heterocycles. The molecule has 3 atom stereocenters. The van der Waals surface area contributed by atoms with E-state index in [0.29, 0.717) is 5.92 Å². The molecule has 2 aliphatic carbocycles. The molecule has 5 rings (SSSR count). The van der Waals surface area contributed by atoms with Crippen molar-refractivity contribution in [3.8, 4) is 5.88 Å². The molecule has 2 amide bonds. The number of amides is 2. The summed E-state index contributed by atoms with van der Waals surface area (Å²) >= 11 is 0. The Bertz CT molecular complexity index is 1140. The van der Waals surface area contributed by atoms with Gasteiger partial charge in [-0.3, -0.25) is 0 Å². The highest BCUT2D eigenvalue weighted by molar-refractivity contribution is 7.91. The number of aliphatic hydroxyl groups is 1. The highest BCUT2D eigenvalue weighted by Gasteiger charge is 2.33. The van der Waals surface area contributed by atoms with Crippen molar-refractivity contribution in [3.05, 3.63) is 34.5 Å². The van der Waals surface area contributed by atoms with Gasteiger partial charge in [0.15, 0.2) is 9.92 Å². The van der Waals surface area contributed by atoms with Crippen molar-refractivity contribution in [2.24, 2.45) is 9.50 Å². The van der Waals surface area contributed by atoms with Gasteiger partial charge in [-0.15, -0.1) is 4.36 Å². The van der Waals surface area contributed by atoms with Crippen molar-refractivity contribution < 1.29 is 18.8 Å². The van der Waals surface area contributed by atoms with Gasteiger partial charge >= 0.3 is 6.03 Å². The molecule has 3 aliphatic rings. The Morgan fingerprint density at radius 3 is 3.07 bits per heavy atom. The summed E-state index contributed by atoms with van der Waals surface area (Å²) in [5, 5.41) is 22.2. The van der Waals surface area contributed by atoms with E-state index < -0.39 is 15.9 Å². The van der Waals surface area contributed by atoms with Crippen LogP contribution in [0.25, 0.3) is 0 Å². The lowest BCUT2D eigenvalue weighted by Crippen LogP contribution is -2.23. The first-order valence-corrected chi connectivity index (χ1v) is 11.3. The minimum absolute atomic E-state index is 0.0586. The van der Waals surface area contributed by atoms with Crippen LogP contribution >= 0.6 is 0 Å². The molecular formula is C19H23N5O4S. The number of nitrogens with one attached hydrogen (secondary N) is 1. The molecule has 154 valence electrons.